The summed E-state index contributed by atoms with van der Waals surface area (Å²) in [5.41, 5.74) is 5.97. The molecule has 33 heavy (non-hydrogen) atoms. The predicted molar refractivity (Wildman–Crippen MR) is 132 cm³/mol. The molecule has 1 aromatic heterocycles. The Kier molecular flexibility index (Phi) is 6.28. The molecule has 4 heteroatoms. The smallest absolute Gasteiger partial charge is 0.254 e. The van der Waals surface area contributed by atoms with Crippen LogP contribution in [0, 0.1) is 19.8 Å². The molecule has 1 aliphatic carbocycles. The van der Waals surface area contributed by atoms with E-state index < -0.39 is 0 Å². The topological polar surface area (TPSA) is 36.4 Å². The summed E-state index contributed by atoms with van der Waals surface area (Å²) in [6.07, 6.45) is 6.04. The molecule has 1 saturated carbocycles. The molecule has 1 aliphatic heterocycles. The molecule has 3 aromatic rings. The zero-order chi connectivity index (χ0) is 22.8. The van der Waals surface area contributed by atoms with Gasteiger partial charge in [0.15, 0.2) is 0 Å². The Morgan fingerprint density at radius 2 is 1.88 bits per heavy atom. The van der Waals surface area contributed by atoms with Crippen molar-refractivity contribution >= 4 is 5.91 Å². The van der Waals surface area contributed by atoms with Gasteiger partial charge in [0.25, 0.3) is 5.91 Å². The number of hydrogen-bond donors (Lipinski definition) is 0. The normalized spacial score (nSPS) is 20.7. The summed E-state index contributed by atoms with van der Waals surface area (Å²) >= 11 is 0. The van der Waals surface area contributed by atoms with E-state index in [-0.39, 0.29) is 5.91 Å². The predicted octanol–water partition coefficient (Wildman–Crippen LogP) is 5.22. The van der Waals surface area contributed by atoms with Crippen LogP contribution in [-0.2, 0) is 6.54 Å². The second-order valence-corrected chi connectivity index (χ2v) is 9.84. The first-order valence-corrected chi connectivity index (χ1v) is 12.1. The van der Waals surface area contributed by atoms with Crippen molar-refractivity contribution in [1.29, 1.82) is 0 Å². The molecule has 0 N–H and O–H groups in total. The number of hydrogen-bond acceptors (Lipinski definition) is 3. The lowest BCUT2D eigenvalue weighted by Crippen LogP contribution is -2.39. The quantitative estimate of drug-likeness (QED) is 0.506. The number of aromatic nitrogens is 1. The summed E-state index contributed by atoms with van der Waals surface area (Å²) in [6.45, 7) is 8.01. The van der Waals surface area contributed by atoms with Crippen LogP contribution in [0.15, 0.2) is 73.1 Å². The number of nitrogens with zero attached hydrogens (tertiary/aromatic N) is 3. The second kappa shape index (κ2) is 9.48. The van der Waals surface area contributed by atoms with E-state index in [0.717, 1.165) is 50.1 Å². The van der Waals surface area contributed by atoms with Crippen LogP contribution < -0.4 is 0 Å². The van der Waals surface area contributed by atoms with Crippen molar-refractivity contribution in [2.45, 2.75) is 45.2 Å². The molecule has 5 rings (SSSR count). The summed E-state index contributed by atoms with van der Waals surface area (Å²) in [5, 5.41) is 0. The summed E-state index contributed by atoms with van der Waals surface area (Å²) in [4.78, 5) is 22.6. The van der Waals surface area contributed by atoms with E-state index in [0.29, 0.717) is 17.9 Å². The molecule has 170 valence electrons. The molecule has 2 atom stereocenters. The Bertz CT molecular complexity index is 1110. The number of amides is 1. The van der Waals surface area contributed by atoms with E-state index >= 15 is 0 Å². The number of carbonyl (C=O) groups is 1. The van der Waals surface area contributed by atoms with Gasteiger partial charge in [0.05, 0.1) is 0 Å². The minimum absolute atomic E-state index is 0.190. The lowest BCUT2D eigenvalue weighted by Gasteiger charge is -2.29. The number of benzene rings is 2. The molecule has 0 spiro atoms. The van der Waals surface area contributed by atoms with Crippen molar-refractivity contribution in [1.82, 2.24) is 14.8 Å². The largest absolute Gasteiger partial charge is 0.335 e. The maximum atomic E-state index is 13.6. The zero-order valence-electron chi connectivity index (χ0n) is 19.7. The molecule has 1 saturated heterocycles. The van der Waals surface area contributed by atoms with Crippen molar-refractivity contribution in [3.05, 3.63) is 101 Å². The van der Waals surface area contributed by atoms with Gasteiger partial charge < -0.3 is 4.90 Å². The summed E-state index contributed by atoms with van der Waals surface area (Å²) in [5.74, 6) is 1.03. The lowest BCUT2D eigenvalue weighted by molar-refractivity contribution is 0.0710. The van der Waals surface area contributed by atoms with Crippen LogP contribution in [0.25, 0.3) is 0 Å². The summed E-state index contributed by atoms with van der Waals surface area (Å²) in [6, 6.07) is 21.4. The highest BCUT2D eigenvalue weighted by Crippen LogP contribution is 2.38. The van der Waals surface area contributed by atoms with Crippen molar-refractivity contribution in [2.75, 3.05) is 19.6 Å². The van der Waals surface area contributed by atoms with Gasteiger partial charge in [0.1, 0.15) is 0 Å². The fraction of sp³-hybridized carbons (Fsp3) is 0.379. The van der Waals surface area contributed by atoms with Gasteiger partial charge >= 0.3 is 0 Å². The van der Waals surface area contributed by atoms with Crippen LogP contribution in [0.1, 0.15) is 51.4 Å². The monoisotopic (exact) mass is 439 g/mol. The molecule has 2 aromatic carbocycles. The van der Waals surface area contributed by atoms with Crippen LogP contribution in [0.5, 0.6) is 0 Å². The van der Waals surface area contributed by atoms with Gasteiger partial charge in [-0.25, -0.2) is 0 Å². The van der Waals surface area contributed by atoms with Gasteiger partial charge in [-0.2, -0.15) is 0 Å². The molecular weight excluding hydrogens is 406 g/mol. The Morgan fingerprint density at radius 3 is 2.61 bits per heavy atom. The van der Waals surface area contributed by atoms with E-state index in [1.165, 1.54) is 16.7 Å². The van der Waals surface area contributed by atoms with Crippen LogP contribution in [-0.4, -0.2) is 46.4 Å². The van der Waals surface area contributed by atoms with Crippen molar-refractivity contribution < 1.29 is 4.79 Å². The van der Waals surface area contributed by atoms with Gasteiger partial charge in [-0.05, 0) is 67.5 Å². The zero-order valence-corrected chi connectivity index (χ0v) is 19.7. The second-order valence-electron chi connectivity index (χ2n) is 9.84. The van der Waals surface area contributed by atoms with Crippen LogP contribution >= 0.6 is 0 Å². The van der Waals surface area contributed by atoms with E-state index in [9.17, 15) is 4.79 Å². The van der Waals surface area contributed by atoms with E-state index in [1.54, 1.807) is 0 Å². The highest BCUT2D eigenvalue weighted by molar-refractivity contribution is 5.94. The molecule has 0 bridgehead atoms. The fourth-order valence-electron chi connectivity index (χ4n) is 5.36. The molecule has 2 unspecified atom stereocenters. The SMILES string of the molecule is Cc1cccc(C(=O)N(CC2CN(Cc3cccnc3)CC2c2ccccc2C)C2CC2)c1. The Balaban J connectivity index is 1.40. The first-order chi connectivity index (χ1) is 16.1. The van der Waals surface area contributed by atoms with Gasteiger partial charge in [-0.1, -0.05) is 48.0 Å². The minimum Gasteiger partial charge on any atom is -0.335 e. The Hall–Kier alpha value is -2.98. The lowest BCUT2D eigenvalue weighted by atomic mass is 9.86. The third-order valence-corrected chi connectivity index (χ3v) is 7.18. The van der Waals surface area contributed by atoms with Gasteiger partial charge in [-0.15, -0.1) is 0 Å². The van der Waals surface area contributed by atoms with Crippen LogP contribution in [0.4, 0.5) is 0 Å². The summed E-state index contributed by atoms with van der Waals surface area (Å²) < 4.78 is 0. The first kappa shape index (κ1) is 21.8. The fourth-order valence-corrected chi connectivity index (χ4v) is 5.36. The highest BCUT2D eigenvalue weighted by Gasteiger charge is 2.40. The molecule has 1 amide bonds. The molecule has 4 nitrogen and oxygen atoms in total. The average Bonchev–Trinajstić information content (AvgIpc) is 3.59. The molecular formula is C29H33N3O. The van der Waals surface area contributed by atoms with Gasteiger partial charge in [0, 0.05) is 56.1 Å². The standard InChI is InChI=1S/C29H33N3O/c1-21-7-5-10-24(15-21)29(33)32(26-12-13-26)19-25-18-31(17-23-9-6-14-30-16-23)20-28(25)27-11-4-3-8-22(27)2/h3-11,14-16,25-26,28H,12-13,17-20H2,1-2H3. The molecule has 2 heterocycles. The molecule has 2 aliphatic rings. The van der Waals surface area contributed by atoms with Crippen molar-refractivity contribution in [3.8, 4) is 0 Å². The molecule has 2 fully saturated rings. The van der Waals surface area contributed by atoms with Gasteiger partial charge in [-0.3, -0.25) is 14.7 Å². The minimum atomic E-state index is 0.190. The number of likely N-dealkylation sites (tertiary alicyclic amines) is 1. The van der Waals surface area contributed by atoms with E-state index in [1.807, 2.05) is 36.7 Å². The number of aryl methyl sites for hydroxylation is 2. The van der Waals surface area contributed by atoms with Crippen LogP contribution in [0.3, 0.4) is 0 Å². The highest BCUT2D eigenvalue weighted by atomic mass is 16.2. The molecule has 0 radical (unpaired) electrons. The van der Waals surface area contributed by atoms with E-state index in [2.05, 4.69) is 65.0 Å². The van der Waals surface area contributed by atoms with Crippen LogP contribution in [0.2, 0.25) is 0 Å². The Morgan fingerprint density at radius 1 is 1.03 bits per heavy atom. The Labute approximate surface area is 197 Å². The number of rotatable bonds is 7. The third-order valence-electron chi connectivity index (χ3n) is 7.18. The average molecular weight is 440 g/mol. The first-order valence-electron chi connectivity index (χ1n) is 12.1. The number of pyridine rings is 1. The van der Waals surface area contributed by atoms with Gasteiger partial charge in [0.2, 0.25) is 0 Å². The summed E-state index contributed by atoms with van der Waals surface area (Å²) in [7, 11) is 0. The maximum Gasteiger partial charge on any atom is 0.254 e. The number of carbonyl (C=O) groups excluding carboxylic acids is 1. The van der Waals surface area contributed by atoms with E-state index in [4.69, 9.17) is 0 Å². The maximum absolute atomic E-state index is 13.6. The third kappa shape index (κ3) is 5.01. The van der Waals surface area contributed by atoms with Crippen molar-refractivity contribution in [2.24, 2.45) is 5.92 Å². The van der Waals surface area contributed by atoms with Crippen molar-refractivity contribution in [3.63, 3.8) is 0 Å².